The number of rotatable bonds is 4. The molecule has 1 spiro atoms. The second-order valence-electron chi connectivity index (χ2n) is 9.96. The molecule has 4 heterocycles. The number of benzene rings is 1. The lowest BCUT2D eigenvalue weighted by molar-refractivity contribution is 0.122. The van der Waals surface area contributed by atoms with E-state index >= 15 is 0 Å². The number of aromatic nitrogens is 5. The monoisotopic (exact) mass is 469 g/mol. The third kappa shape index (κ3) is 4.01. The van der Waals surface area contributed by atoms with Crippen LogP contribution in [0, 0.1) is 5.41 Å². The lowest BCUT2D eigenvalue weighted by Gasteiger charge is -2.43. The molecule has 1 saturated carbocycles. The molecule has 2 aliphatic rings. The zero-order chi connectivity index (χ0) is 23.8. The predicted molar refractivity (Wildman–Crippen MR) is 136 cm³/mol. The van der Waals surface area contributed by atoms with E-state index in [1.165, 1.54) is 44.2 Å². The number of nitrogens with two attached hydrogens (primary N) is 1. The number of ether oxygens (including phenoxy) is 1. The Kier molecular flexibility index (Phi) is 5.60. The fourth-order valence-corrected chi connectivity index (χ4v) is 6.16. The minimum absolute atomic E-state index is 0.331. The van der Waals surface area contributed by atoms with Crippen LogP contribution in [-0.4, -0.2) is 37.6 Å². The first-order valence-corrected chi connectivity index (χ1v) is 12.5. The van der Waals surface area contributed by atoms with E-state index in [9.17, 15) is 0 Å². The lowest BCUT2D eigenvalue weighted by Crippen LogP contribution is -2.39. The van der Waals surface area contributed by atoms with E-state index in [1.807, 2.05) is 12.1 Å². The molecule has 180 valence electrons. The number of aryl methyl sites for hydroxylation is 1. The summed E-state index contributed by atoms with van der Waals surface area (Å²) >= 11 is 0. The van der Waals surface area contributed by atoms with Crippen molar-refractivity contribution < 1.29 is 4.74 Å². The van der Waals surface area contributed by atoms with Crippen molar-refractivity contribution in [1.29, 1.82) is 0 Å². The van der Waals surface area contributed by atoms with Crippen LogP contribution in [0.5, 0.6) is 11.8 Å². The van der Waals surface area contributed by atoms with Crippen LogP contribution in [0.15, 0.2) is 49.1 Å². The zero-order valence-electron chi connectivity index (χ0n) is 20.1. The predicted octanol–water partition coefficient (Wildman–Crippen LogP) is 4.83. The highest BCUT2D eigenvalue weighted by atomic mass is 16.5. The molecule has 0 amide bonds. The summed E-state index contributed by atoms with van der Waals surface area (Å²) in [7, 11) is 2.12. The quantitative estimate of drug-likeness (QED) is 0.441. The van der Waals surface area contributed by atoms with Crippen molar-refractivity contribution in [1.82, 2.24) is 29.8 Å². The van der Waals surface area contributed by atoms with Crippen LogP contribution in [0.1, 0.15) is 50.1 Å². The standard InChI is InChI=1S/C27H31N7O/c1-34-23(19-7-9-27(10-8-19)11-15-29-16-12-27)21(22-24(28)32-17-33-25(22)34)18-3-5-20(6-4-18)35-26-30-13-2-14-31-26/h2-6,13-14,17,19,29H,7-12,15-16H2,1H3,(H2,28,32,33). The number of fused-ring (bicyclic) bond motifs is 1. The summed E-state index contributed by atoms with van der Waals surface area (Å²) < 4.78 is 8.06. The van der Waals surface area contributed by atoms with Gasteiger partial charge in [-0.2, -0.15) is 0 Å². The highest BCUT2D eigenvalue weighted by Crippen LogP contribution is 2.51. The summed E-state index contributed by atoms with van der Waals surface area (Å²) in [5, 5.41) is 4.47. The van der Waals surface area contributed by atoms with Gasteiger partial charge in [0, 0.05) is 30.7 Å². The van der Waals surface area contributed by atoms with Crippen LogP contribution in [0.4, 0.5) is 5.82 Å². The number of anilines is 1. The smallest absolute Gasteiger partial charge is 0.321 e. The number of nitrogen functional groups attached to an aromatic ring is 1. The summed E-state index contributed by atoms with van der Waals surface area (Å²) in [5.74, 6) is 1.68. The maximum atomic E-state index is 6.44. The molecule has 0 bridgehead atoms. The Morgan fingerprint density at radius 3 is 2.40 bits per heavy atom. The molecule has 1 aromatic carbocycles. The van der Waals surface area contributed by atoms with Gasteiger partial charge in [0.05, 0.1) is 5.39 Å². The molecule has 8 heteroatoms. The van der Waals surface area contributed by atoms with Gasteiger partial charge in [-0.1, -0.05) is 12.1 Å². The number of nitrogens with zero attached hydrogens (tertiary/aromatic N) is 5. The van der Waals surface area contributed by atoms with Crippen LogP contribution in [0.2, 0.25) is 0 Å². The van der Waals surface area contributed by atoms with E-state index in [1.54, 1.807) is 24.8 Å². The molecule has 6 rings (SSSR count). The first-order chi connectivity index (χ1) is 17.1. The summed E-state index contributed by atoms with van der Waals surface area (Å²) in [6, 6.07) is 10.2. The fraction of sp³-hybridized carbons (Fsp3) is 0.407. The average molecular weight is 470 g/mol. The van der Waals surface area contributed by atoms with Crippen molar-refractivity contribution in [3.8, 4) is 22.9 Å². The van der Waals surface area contributed by atoms with E-state index in [0.29, 0.717) is 28.9 Å². The first kappa shape index (κ1) is 22.0. The molecule has 0 unspecified atom stereocenters. The molecule has 3 aromatic heterocycles. The number of hydrogen-bond donors (Lipinski definition) is 2. The Morgan fingerprint density at radius 2 is 1.69 bits per heavy atom. The highest BCUT2D eigenvalue weighted by molar-refractivity contribution is 6.02. The van der Waals surface area contributed by atoms with Crippen LogP contribution in [-0.2, 0) is 7.05 Å². The van der Waals surface area contributed by atoms with Gasteiger partial charge in [-0.3, -0.25) is 0 Å². The van der Waals surface area contributed by atoms with Gasteiger partial charge in [0.2, 0.25) is 0 Å². The maximum absolute atomic E-state index is 6.44. The minimum Gasteiger partial charge on any atom is -0.424 e. The maximum Gasteiger partial charge on any atom is 0.321 e. The first-order valence-electron chi connectivity index (χ1n) is 12.5. The van der Waals surface area contributed by atoms with E-state index < -0.39 is 0 Å². The molecule has 1 saturated heterocycles. The number of nitrogens with one attached hydrogen (secondary N) is 1. The number of hydrogen-bond acceptors (Lipinski definition) is 7. The normalized spacial score (nSPS) is 18.2. The van der Waals surface area contributed by atoms with Gasteiger partial charge in [-0.15, -0.1) is 0 Å². The molecule has 0 radical (unpaired) electrons. The topological polar surface area (TPSA) is 104 Å². The van der Waals surface area contributed by atoms with Crippen molar-refractivity contribution in [3.05, 3.63) is 54.7 Å². The molecule has 1 aliphatic heterocycles. The van der Waals surface area contributed by atoms with Gasteiger partial charge in [0.25, 0.3) is 0 Å². The molecule has 8 nitrogen and oxygen atoms in total. The Balaban J connectivity index is 1.37. The molecule has 4 aromatic rings. The Bertz CT molecular complexity index is 1320. The van der Waals surface area contributed by atoms with Crippen molar-refractivity contribution >= 4 is 16.9 Å². The van der Waals surface area contributed by atoms with Crippen LogP contribution >= 0.6 is 0 Å². The minimum atomic E-state index is 0.331. The fourth-order valence-electron chi connectivity index (χ4n) is 6.16. The van der Waals surface area contributed by atoms with Gasteiger partial charge in [-0.25, -0.2) is 19.9 Å². The summed E-state index contributed by atoms with van der Waals surface area (Å²) in [6.07, 6.45) is 12.4. The van der Waals surface area contributed by atoms with Crippen molar-refractivity contribution in [3.63, 3.8) is 0 Å². The third-order valence-corrected chi connectivity index (χ3v) is 8.03. The second-order valence-corrected chi connectivity index (χ2v) is 9.96. The van der Waals surface area contributed by atoms with Crippen molar-refractivity contribution in [2.75, 3.05) is 18.8 Å². The molecular formula is C27H31N7O. The van der Waals surface area contributed by atoms with Gasteiger partial charge in [0.1, 0.15) is 23.5 Å². The van der Waals surface area contributed by atoms with Crippen molar-refractivity contribution in [2.45, 2.75) is 44.4 Å². The van der Waals surface area contributed by atoms with E-state index in [4.69, 9.17) is 10.5 Å². The van der Waals surface area contributed by atoms with Gasteiger partial charge in [0.15, 0.2) is 0 Å². The summed E-state index contributed by atoms with van der Waals surface area (Å²) in [4.78, 5) is 17.3. The van der Waals surface area contributed by atoms with E-state index in [2.05, 4.69) is 49.0 Å². The summed E-state index contributed by atoms with van der Waals surface area (Å²) in [5.41, 5.74) is 11.4. The summed E-state index contributed by atoms with van der Waals surface area (Å²) in [6.45, 7) is 2.30. The Morgan fingerprint density at radius 1 is 0.971 bits per heavy atom. The molecule has 0 atom stereocenters. The SMILES string of the molecule is Cn1c(C2CCC3(CCNCC3)CC2)c(-c2ccc(Oc3ncccn3)cc2)c2c(N)ncnc21. The van der Waals surface area contributed by atoms with E-state index in [-0.39, 0.29) is 0 Å². The zero-order valence-corrected chi connectivity index (χ0v) is 20.1. The Labute approximate surface area is 205 Å². The van der Waals surface area contributed by atoms with Gasteiger partial charge >= 0.3 is 6.01 Å². The van der Waals surface area contributed by atoms with Gasteiger partial charge < -0.3 is 20.4 Å². The third-order valence-electron chi connectivity index (χ3n) is 8.03. The van der Waals surface area contributed by atoms with E-state index in [0.717, 1.165) is 35.2 Å². The number of piperidine rings is 1. The molecule has 1 aliphatic carbocycles. The largest absolute Gasteiger partial charge is 0.424 e. The second kappa shape index (κ2) is 8.92. The molecule has 2 fully saturated rings. The molecular weight excluding hydrogens is 438 g/mol. The van der Waals surface area contributed by atoms with Crippen LogP contribution in [0.3, 0.4) is 0 Å². The van der Waals surface area contributed by atoms with Crippen molar-refractivity contribution in [2.24, 2.45) is 12.5 Å². The Hall–Kier alpha value is -3.52. The van der Waals surface area contributed by atoms with Crippen LogP contribution in [0.25, 0.3) is 22.2 Å². The molecule has 3 N–H and O–H groups in total. The lowest BCUT2D eigenvalue weighted by atomic mass is 9.65. The highest BCUT2D eigenvalue weighted by Gasteiger charge is 2.38. The van der Waals surface area contributed by atoms with Crippen LogP contribution < -0.4 is 15.8 Å². The average Bonchev–Trinajstić information content (AvgIpc) is 3.20. The molecule has 35 heavy (non-hydrogen) atoms. The van der Waals surface area contributed by atoms with Gasteiger partial charge in [-0.05, 0) is 86.7 Å².